The van der Waals surface area contributed by atoms with Gasteiger partial charge in [-0.15, -0.1) is 0 Å². The number of anilines is 2. The van der Waals surface area contributed by atoms with Gasteiger partial charge in [0, 0.05) is 32.2 Å². The van der Waals surface area contributed by atoms with Crippen molar-refractivity contribution in [2.45, 2.75) is 6.54 Å². The summed E-state index contributed by atoms with van der Waals surface area (Å²) in [5, 5.41) is 2.89. The van der Waals surface area contributed by atoms with Gasteiger partial charge in [0.05, 0.1) is 11.3 Å². The Morgan fingerprint density at radius 3 is 2.68 bits per heavy atom. The third-order valence-electron chi connectivity index (χ3n) is 3.65. The zero-order chi connectivity index (χ0) is 17.6. The second-order valence-corrected chi connectivity index (χ2v) is 5.53. The van der Waals surface area contributed by atoms with E-state index in [4.69, 9.17) is 0 Å². The van der Waals surface area contributed by atoms with Crippen molar-refractivity contribution in [3.05, 3.63) is 84.1 Å². The highest BCUT2D eigenvalue weighted by Gasteiger charge is 2.17. The highest BCUT2D eigenvalue weighted by Crippen LogP contribution is 2.22. The third kappa shape index (κ3) is 3.98. The molecule has 0 aliphatic rings. The number of aromatic nitrogens is 2. The van der Waals surface area contributed by atoms with E-state index in [1.54, 1.807) is 60.9 Å². The minimum Gasteiger partial charge on any atom is -0.337 e. The summed E-state index contributed by atoms with van der Waals surface area (Å²) in [5.41, 5.74) is 1.56. The Hall–Kier alpha value is -3.28. The number of amides is 1. The van der Waals surface area contributed by atoms with Gasteiger partial charge in [-0.3, -0.25) is 9.78 Å². The summed E-state index contributed by atoms with van der Waals surface area (Å²) >= 11 is 0. The molecule has 3 aromatic rings. The van der Waals surface area contributed by atoms with Crippen molar-refractivity contribution >= 4 is 17.4 Å². The molecule has 5 nitrogen and oxygen atoms in total. The van der Waals surface area contributed by atoms with Gasteiger partial charge in [-0.25, -0.2) is 9.37 Å². The third-order valence-corrected chi connectivity index (χ3v) is 3.65. The van der Waals surface area contributed by atoms with Crippen LogP contribution in [0.15, 0.2) is 67.1 Å². The molecular formula is C19H17FN4O. The number of pyridine rings is 2. The average Bonchev–Trinajstić information content (AvgIpc) is 2.64. The Balaban J connectivity index is 1.82. The number of rotatable bonds is 5. The molecule has 0 aliphatic heterocycles. The van der Waals surface area contributed by atoms with Crippen molar-refractivity contribution in [1.82, 2.24) is 14.9 Å². The minimum absolute atomic E-state index is 0.212. The molecule has 126 valence electrons. The summed E-state index contributed by atoms with van der Waals surface area (Å²) in [5.74, 6) is -0.304. The molecule has 0 aliphatic carbocycles. The van der Waals surface area contributed by atoms with E-state index in [0.29, 0.717) is 17.9 Å². The van der Waals surface area contributed by atoms with Crippen LogP contribution >= 0.6 is 0 Å². The van der Waals surface area contributed by atoms with Crippen LogP contribution in [0.5, 0.6) is 0 Å². The second-order valence-electron chi connectivity index (χ2n) is 5.53. The van der Waals surface area contributed by atoms with Crippen molar-refractivity contribution in [1.29, 1.82) is 0 Å². The number of carbonyl (C=O) groups excluding carboxylic acids is 1. The fourth-order valence-corrected chi connectivity index (χ4v) is 2.41. The molecule has 3 rings (SSSR count). The maximum atomic E-state index is 13.9. The van der Waals surface area contributed by atoms with Crippen LogP contribution in [0.25, 0.3) is 0 Å². The lowest BCUT2D eigenvalue weighted by Crippen LogP contribution is -2.27. The van der Waals surface area contributed by atoms with Crippen LogP contribution in [0.1, 0.15) is 15.9 Å². The molecule has 1 aromatic carbocycles. The maximum absolute atomic E-state index is 13.9. The Morgan fingerprint density at radius 2 is 1.92 bits per heavy atom. The maximum Gasteiger partial charge on any atom is 0.257 e. The lowest BCUT2D eigenvalue weighted by molar-refractivity contribution is 0.0785. The molecule has 1 amide bonds. The normalized spacial score (nSPS) is 10.3. The lowest BCUT2D eigenvalue weighted by atomic mass is 10.2. The lowest BCUT2D eigenvalue weighted by Gasteiger charge is -2.19. The van der Waals surface area contributed by atoms with Gasteiger partial charge in [0.15, 0.2) is 0 Å². The molecule has 6 heteroatoms. The standard InChI is InChI=1S/C19H17FN4O/c1-24(13-14-6-4-10-21-12-14)19(25)15-7-5-11-22-18(15)23-17-9-3-2-8-16(17)20/h2-12H,13H2,1H3,(H,22,23). The first-order valence-corrected chi connectivity index (χ1v) is 7.76. The summed E-state index contributed by atoms with van der Waals surface area (Å²) in [6, 6.07) is 13.3. The van der Waals surface area contributed by atoms with Gasteiger partial charge in [-0.05, 0) is 35.9 Å². The van der Waals surface area contributed by atoms with Crippen molar-refractivity contribution in [3.8, 4) is 0 Å². The van der Waals surface area contributed by atoms with E-state index >= 15 is 0 Å². The van der Waals surface area contributed by atoms with Crippen LogP contribution in [0.3, 0.4) is 0 Å². The van der Waals surface area contributed by atoms with Gasteiger partial charge in [0.2, 0.25) is 0 Å². The zero-order valence-electron chi connectivity index (χ0n) is 13.7. The molecule has 0 atom stereocenters. The molecule has 2 heterocycles. The van der Waals surface area contributed by atoms with E-state index in [9.17, 15) is 9.18 Å². The fourth-order valence-electron chi connectivity index (χ4n) is 2.41. The zero-order valence-corrected chi connectivity index (χ0v) is 13.7. The van der Waals surface area contributed by atoms with Gasteiger partial charge in [-0.2, -0.15) is 0 Å². The quantitative estimate of drug-likeness (QED) is 0.773. The molecule has 0 radical (unpaired) electrons. The molecule has 0 saturated heterocycles. The number of halogens is 1. The van der Waals surface area contributed by atoms with Crippen LogP contribution in [-0.2, 0) is 6.54 Å². The predicted molar refractivity (Wildman–Crippen MR) is 94.0 cm³/mol. The first kappa shape index (κ1) is 16.6. The molecule has 0 saturated carbocycles. The van der Waals surface area contributed by atoms with Crippen LogP contribution in [0.4, 0.5) is 15.9 Å². The molecular weight excluding hydrogens is 319 g/mol. The average molecular weight is 336 g/mol. The van der Waals surface area contributed by atoms with Gasteiger partial charge in [-0.1, -0.05) is 18.2 Å². The molecule has 2 aromatic heterocycles. The highest BCUT2D eigenvalue weighted by molar-refractivity contribution is 5.99. The van der Waals surface area contributed by atoms with Crippen LogP contribution in [0, 0.1) is 5.82 Å². The minimum atomic E-state index is -0.407. The smallest absolute Gasteiger partial charge is 0.257 e. The number of benzene rings is 1. The van der Waals surface area contributed by atoms with Crippen molar-refractivity contribution in [2.24, 2.45) is 0 Å². The van der Waals surface area contributed by atoms with E-state index in [-0.39, 0.29) is 11.6 Å². The van der Waals surface area contributed by atoms with Gasteiger partial charge >= 0.3 is 0 Å². The summed E-state index contributed by atoms with van der Waals surface area (Å²) < 4.78 is 13.9. The molecule has 0 spiro atoms. The van der Waals surface area contributed by atoms with Crippen molar-refractivity contribution in [2.75, 3.05) is 12.4 Å². The van der Waals surface area contributed by atoms with E-state index in [1.807, 2.05) is 12.1 Å². The SMILES string of the molecule is CN(Cc1cccnc1)C(=O)c1cccnc1Nc1ccccc1F. The number of para-hydroxylation sites is 1. The Bertz CT molecular complexity index is 870. The summed E-state index contributed by atoms with van der Waals surface area (Å²) in [6.07, 6.45) is 4.95. The Kier molecular flexibility index (Phi) is 4.99. The number of hydrogen-bond donors (Lipinski definition) is 1. The Morgan fingerprint density at radius 1 is 1.12 bits per heavy atom. The number of nitrogens with zero attached hydrogens (tertiary/aromatic N) is 3. The summed E-state index contributed by atoms with van der Waals surface area (Å²) in [7, 11) is 1.70. The van der Waals surface area contributed by atoms with Crippen LogP contribution < -0.4 is 5.32 Å². The molecule has 25 heavy (non-hydrogen) atoms. The topological polar surface area (TPSA) is 58.1 Å². The molecule has 0 fully saturated rings. The van der Waals surface area contributed by atoms with E-state index in [2.05, 4.69) is 15.3 Å². The van der Waals surface area contributed by atoms with E-state index in [1.165, 1.54) is 6.07 Å². The van der Waals surface area contributed by atoms with Gasteiger partial charge in [0.1, 0.15) is 11.6 Å². The van der Waals surface area contributed by atoms with E-state index in [0.717, 1.165) is 5.56 Å². The monoisotopic (exact) mass is 336 g/mol. The van der Waals surface area contributed by atoms with Crippen molar-refractivity contribution < 1.29 is 9.18 Å². The summed E-state index contributed by atoms with van der Waals surface area (Å²) in [6.45, 7) is 0.417. The first-order valence-electron chi connectivity index (χ1n) is 7.76. The van der Waals surface area contributed by atoms with Gasteiger partial charge < -0.3 is 10.2 Å². The van der Waals surface area contributed by atoms with Crippen LogP contribution in [-0.4, -0.2) is 27.8 Å². The molecule has 0 bridgehead atoms. The number of carbonyl (C=O) groups is 1. The Labute approximate surface area is 145 Å². The molecule has 1 N–H and O–H groups in total. The summed E-state index contributed by atoms with van der Waals surface area (Å²) in [4.78, 5) is 22.6. The largest absolute Gasteiger partial charge is 0.337 e. The predicted octanol–water partition coefficient (Wildman–Crippen LogP) is 3.63. The van der Waals surface area contributed by atoms with E-state index < -0.39 is 5.82 Å². The first-order chi connectivity index (χ1) is 12.1. The molecule has 0 unspecified atom stereocenters. The van der Waals surface area contributed by atoms with Gasteiger partial charge in [0.25, 0.3) is 5.91 Å². The van der Waals surface area contributed by atoms with Crippen LogP contribution in [0.2, 0.25) is 0 Å². The number of nitrogens with one attached hydrogen (secondary N) is 1. The second kappa shape index (κ2) is 7.53. The highest BCUT2D eigenvalue weighted by atomic mass is 19.1. The number of hydrogen-bond acceptors (Lipinski definition) is 4. The van der Waals surface area contributed by atoms with Crippen molar-refractivity contribution in [3.63, 3.8) is 0 Å². The fraction of sp³-hybridized carbons (Fsp3) is 0.105.